The first-order chi connectivity index (χ1) is 6.52. The van der Waals surface area contributed by atoms with E-state index in [4.69, 9.17) is 0 Å². The average Bonchev–Trinajstić information content (AvgIpc) is 2.15. The highest BCUT2D eigenvalue weighted by Crippen LogP contribution is 2.10. The summed E-state index contributed by atoms with van der Waals surface area (Å²) in [6.07, 6.45) is 1.55. The molecule has 0 amide bonds. The smallest absolute Gasteiger partial charge is 0.317 e. The molecule has 0 spiro atoms. The van der Waals surface area contributed by atoms with Gasteiger partial charge in [0.15, 0.2) is 0 Å². The van der Waals surface area contributed by atoms with Crippen LogP contribution in [0.25, 0.3) is 0 Å². The Morgan fingerprint density at radius 3 is 2.36 bits per heavy atom. The van der Waals surface area contributed by atoms with Gasteiger partial charge < -0.3 is 9.53 Å². The summed E-state index contributed by atoms with van der Waals surface area (Å²) >= 11 is 0. The standard InChI is InChI=1S/C10H16O4/c1-4-5-9(12)14-10(13)8(3)7(2)6-11/h6-8H,4-5H2,1-3H3. The summed E-state index contributed by atoms with van der Waals surface area (Å²) in [7, 11) is 0. The first kappa shape index (κ1) is 12.8. The number of hydrogen-bond donors (Lipinski definition) is 0. The van der Waals surface area contributed by atoms with Crippen molar-refractivity contribution < 1.29 is 19.1 Å². The van der Waals surface area contributed by atoms with E-state index in [1.807, 2.05) is 6.92 Å². The van der Waals surface area contributed by atoms with Gasteiger partial charge in [-0.25, -0.2) is 0 Å². The molecular weight excluding hydrogens is 184 g/mol. The molecule has 0 rings (SSSR count). The van der Waals surface area contributed by atoms with Crippen molar-refractivity contribution in [2.45, 2.75) is 33.6 Å². The molecule has 0 bridgehead atoms. The Hall–Kier alpha value is -1.19. The van der Waals surface area contributed by atoms with E-state index in [-0.39, 0.29) is 6.42 Å². The summed E-state index contributed by atoms with van der Waals surface area (Å²) in [5.74, 6) is -2.13. The zero-order valence-electron chi connectivity index (χ0n) is 8.78. The van der Waals surface area contributed by atoms with Crippen LogP contribution in [0.3, 0.4) is 0 Å². The van der Waals surface area contributed by atoms with E-state index in [1.54, 1.807) is 13.8 Å². The van der Waals surface area contributed by atoms with Crippen molar-refractivity contribution in [3.05, 3.63) is 0 Å². The maximum atomic E-state index is 11.2. The molecule has 0 aromatic heterocycles. The van der Waals surface area contributed by atoms with Gasteiger partial charge in [-0.05, 0) is 6.42 Å². The largest absolute Gasteiger partial charge is 0.393 e. The molecule has 0 aliphatic rings. The lowest BCUT2D eigenvalue weighted by molar-refractivity contribution is -0.163. The molecule has 0 fully saturated rings. The van der Waals surface area contributed by atoms with E-state index in [0.717, 1.165) is 0 Å². The minimum atomic E-state index is -0.622. The normalized spacial score (nSPS) is 14.2. The molecule has 0 N–H and O–H groups in total. The first-order valence-corrected chi connectivity index (χ1v) is 4.72. The molecule has 2 unspecified atom stereocenters. The van der Waals surface area contributed by atoms with Crippen molar-refractivity contribution in [1.29, 1.82) is 0 Å². The van der Waals surface area contributed by atoms with Crippen molar-refractivity contribution in [3.63, 3.8) is 0 Å². The third kappa shape index (κ3) is 4.16. The van der Waals surface area contributed by atoms with Gasteiger partial charge in [-0.1, -0.05) is 20.8 Å². The maximum absolute atomic E-state index is 11.2. The molecule has 0 aromatic carbocycles. The Balaban J connectivity index is 4.07. The van der Waals surface area contributed by atoms with Crippen LogP contribution in [0.2, 0.25) is 0 Å². The van der Waals surface area contributed by atoms with E-state index < -0.39 is 23.8 Å². The van der Waals surface area contributed by atoms with Gasteiger partial charge in [0.2, 0.25) is 0 Å². The van der Waals surface area contributed by atoms with E-state index in [0.29, 0.717) is 12.7 Å². The van der Waals surface area contributed by atoms with Crippen LogP contribution >= 0.6 is 0 Å². The second-order valence-electron chi connectivity index (χ2n) is 3.33. The van der Waals surface area contributed by atoms with Crippen molar-refractivity contribution in [1.82, 2.24) is 0 Å². The predicted molar refractivity (Wildman–Crippen MR) is 50.4 cm³/mol. The zero-order chi connectivity index (χ0) is 11.1. The van der Waals surface area contributed by atoms with Gasteiger partial charge in [0, 0.05) is 12.3 Å². The molecule has 0 aliphatic heterocycles. The Morgan fingerprint density at radius 1 is 1.36 bits per heavy atom. The molecule has 4 heteroatoms. The van der Waals surface area contributed by atoms with Crippen LogP contribution in [0, 0.1) is 11.8 Å². The number of carbonyl (C=O) groups is 3. The molecule has 2 atom stereocenters. The van der Waals surface area contributed by atoms with Gasteiger partial charge in [0.05, 0.1) is 5.92 Å². The van der Waals surface area contributed by atoms with Crippen molar-refractivity contribution >= 4 is 18.2 Å². The second kappa shape index (κ2) is 6.29. The number of aldehydes is 1. The fourth-order valence-corrected chi connectivity index (χ4v) is 0.793. The lowest BCUT2D eigenvalue weighted by atomic mass is 9.98. The van der Waals surface area contributed by atoms with Crippen molar-refractivity contribution in [2.24, 2.45) is 11.8 Å². The SMILES string of the molecule is CCCC(=O)OC(=O)C(C)C(C)C=O. The highest BCUT2D eigenvalue weighted by atomic mass is 16.6. The number of esters is 2. The first-order valence-electron chi connectivity index (χ1n) is 4.72. The van der Waals surface area contributed by atoms with Crippen LogP contribution < -0.4 is 0 Å². The zero-order valence-corrected chi connectivity index (χ0v) is 8.78. The highest BCUT2D eigenvalue weighted by molar-refractivity contribution is 5.87. The quantitative estimate of drug-likeness (QED) is 0.381. The molecule has 0 aromatic rings. The summed E-state index contributed by atoms with van der Waals surface area (Å²) < 4.78 is 4.54. The number of carbonyl (C=O) groups excluding carboxylic acids is 3. The summed E-state index contributed by atoms with van der Waals surface area (Å²) in [6, 6.07) is 0. The van der Waals surface area contributed by atoms with Crippen LogP contribution in [0.5, 0.6) is 0 Å². The van der Waals surface area contributed by atoms with Gasteiger partial charge in [-0.3, -0.25) is 9.59 Å². The van der Waals surface area contributed by atoms with Gasteiger partial charge >= 0.3 is 11.9 Å². The third-order valence-electron chi connectivity index (χ3n) is 2.04. The van der Waals surface area contributed by atoms with Crippen molar-refractivity contribution in [3.8, 4) is 0 Å². The molecule has 0 saturated heterocycles. The molecule has 14 heavy (non-hydrogen) atoms. The number of hydrogen-bond acceptors (Lipinski definition) is 4. The molecule has 0 saturated carbocycles. The second-order valence-corrected chi connectivity index (χ2v) is 3.33. The number of rotatable bonds is 5. The van der Waals surface area contributed by atoms with E-state index in [9.17, 15) is 14.4 Å². The summed E-state index contributed by atoms with van der Waals surface area (Å²) in [4.78, 5) is 32.5. The van der Waals surface area contributed by atoms with Crippen LogP contribution in [0.1, 0.15) is 33.6 Å². The van der Waals surface area contributed by atoms with Gasteiger partial charge in [-0.15, -0.1) is 0 Å². The molecule has 0 heterocycles. The van der Waals surface area contributed by atoms with Gasteiger partial charge in [0.25, 0.3) is 0 Å². The molecular formula is C10H16O4. The minimum Gasteiger partial charge on any atom is -0.393 e. The topological polar surface area (TPSA) is 60.4 Å². The Morgan fingerprint density at radius 2 is 1.93 bits per heavy atom. The fraction of sp³-hybridized carbons (Fsp3) is 0.700. The van der Waals surface area contributed by atoms with Crippen LogP contribution in [0.15, 0.2) is 0 Å². The Labute approximate surface area is 83.6 Å². The summed E-state index contributed by atoms with van der Waals surface area (Å²) in [6.45, 7) is 5.01. The Kier molecular flexibility index (Phi) is 5.76. The average molecular weight is 200 g/mol. The summed E-state index contributed by atoms with van der Waals surface area (Å²) in [5.41, 5.74) is 0. The fourth-order valence-electron chi connectivity index (χ4n) is 0.793. The Bertz CT molecular complexity index is 222. The monoisotopic (exact) mass is 200 g/mol. The lowest BCUT2D eigenvalue weighted by Gasteiger charge is -2.11. The van der Waals surface area contributed by atoms with Gasteiger partial charge in [-0.2, -0.15) is 0 Å². The van der Waals surface area contributed by atoms with E-state index in [2.05, 4.69) is 4.74 Å². The van der Waals surface area contributed by atoms with E-state index >= 15 is 0 Å². The molecule has 4 nitrogen and oxygen atoms in total. The molecule has 80 valence electrons. The highest BCUT2D eigenvalue weighted by Gasteiger charge is 2.23. The van der Waals surface area contributed by atoms with E-state index in [1.165, 1.54) is 0 Å². The minimum absolute atomic E-state index is 0.230. The predicted octanol–water partition coefficient (Wildman–Crippen LogP) is 1.33. The lowest BCUT2D eigenvalue weighted by Crippen LogP contribution is -2.24. The number of ether oxygens (including phenoxy) is 1. The maximum Gasteiger partial charge on any atom is 0.317 e. The molecule has 0 radical (unpaired) electrons. The van der Waals surface area contributed by atoms with Crippen LogP contribution in [-0.4, -0.2) is 18.2 Å². The van der Waals surface area contributed by atoms with Crippen LogP contribution in [0.4, 0.5) is 0 Å². The van der Waals surface area contributed by atoms with Crippen molar-refractivity contribution in [2.75, 3.05) is 0 Å². The summed E-state index contributed by atoms with van der Waals surface area (Å²) in [5, 5.41) is 0. The van der Waals surface area contributed by atoms with Gasteiger partial charge in [0.1, 0.15) is 6.29 Å². The third-order valence-corrected chi connectivity index (χ3v) is 2.04. The van der Waals surface area contributed by atoms with Crippen LogP contribution in [-0.2, 0) is 19.1 Å². The molecule has 0 aliphatic carbocycles.